The molecule has 0 spiro atoms. The van der Waals surface area contributed by atoms with E-state index in [4.69, 9.17) is 9.79 Å². The number of urea groups is 1. The monoisotopic (exact) mass is 361 g/mol. The summed E-state index contributed by atoms with van der Waals surface area (Å²) in [5.41, 5.74) is 0. The summed E-state index contributed by atoms with van der Waals surface area (Å²) >= 11 is 1.17. The molecule has 132 valence electrons. The number of hydrogen-bond acceptors (Lipinski definition) is 5. The fraction of sp³-hybridized carbons (Fsp3) is 0.867. The molecule has 8 heteroatoms. The average Bonchev–Trinajstić information content (AvgIpc) is 2.54. The van der Waals surface area contributed by atoms with Crippen LogP contribution in [0, 0.1) is 11.3 Å². The van der Waals surface area contributed by atoms with Crippen LogP contribution in [0.1, 0.15) is 58.8 Å². The van der Waals surface area contributed by atoms with Gasteiger partial charge < -0.3 is 9.42 Å². The minimum atomic E-state index is -3.24. The van der Waals surface area contributed by atoms with Crippen LogP contribution >= 0.6 is 18.1 Å². The molecule has 0 saturated heterocycles. The van der Waals surface area contributed by atoms with Crippen LogP contribution in [-0.2, 0) is 9.09 Å². The van der Waals surface area contributed by atoms with E-state index in [9.17, 15) is 9.36 Å². The van der Waals surface area contributed by atoms with Gasteiger partial charge in [0.25, 0.3) is 0 Å². The second-order valence-electron chi connectivity index (χ2n) is 5.56. The van der Waals surface area contributed by atoms with E-state index in [-0.39, 0.29) is 25.1 Å². The molecule has 1 saturated carbocycles. The molecule has 0 aromatic carbocycles. The first-order chi connectivity index (χ1) is 11.1. The Morgan fingerprint density at radius 3 is 2.65 bits per heavy atom. The second kappa shape index (κ2) is 11.0. The van der Waals surface area contributed by atoms with Crippen LogP contribution in [0.4, 0.5) is 4.79 Å². The smallest absolute Gasteiger partial charge is 0.320 e. The summed E-state index contributed by atoms with van der Waals surface area (Å²) in [6.45, 7) is 1.18. The lowest BCUT2D eigenvalue weighted by atomic mass is 9.94. The number of rotatable bonds is 9. The molecule has 1 unspecified atom stereocenters. The molecule has 1 fully saturated rings. The lowest BCUT2D eigenvalue weighted by molar-refractivity contribution is 0.161. The first kappa shape index (κ1) is 20.3. The number of nitrogens with zero attached hydrogens (tertiary/aromatic N) is 2. The largest absolute Gasteiger partial charge is 0.354 e. The Balaban J connectivity index is 2.76. The van der Waals surface area contributed by atoms with Crippen molar-refractivity contribution in [1.82, 2.24) is 9.99 Å². The van der Waals surface area contributed by atoms with E-state index in [1.807, 2.05) is 6.92 Å². The molecule has 0 aliphatic heterocycles. The number of carbonyl (C=O) groups excluding carboxylic acids is 1. The number of amides is 2. The summed E-state index contributed by atoms with van der Waals surface area (Å²) in [5.74, 6) is 0.666. The molecular formula is C15H28N3O3PS. The van der Waals surface area contributed by atoms with Gasteiger partial charge in [0.1, 0.15) is 0 Å². The maximum atomic E-state index is 12.8. The summed E-state index contributed by atoms with van der Waals surface area (Å²) in [7, 11) is 0. The third kappa shape index (κ3) is 7.15. The predicted molar refractivity (Wildman–Crippen MR) is 94.3 cm³/mol. The Labute approximate surface area is 143 Å². The van der Waals surface area contributed by atoms with Gasteiger partial charge in [-0.3, -0.25) is 9.65 Å². The number of nitriles is 1. The summed E-state index contributed by atoms with van der Waals surface area (Å²) in [4.78, 5) is 14.3. The van der Waals surface area contributed by atoms with E-state index in [1.54, 1.807) is 11.8 Å². The molecule has 1 rings (SSSR count). The van der Waals surface area contributed by atoms with E-state index in [0.717, 1.165) is 32.1 Å². The fourth-order valence-corrected chi connectivity index (χ4v) is 6.24. The van der Waals surface area contributed by atoms with E-state index >= 15 is 0 Å². The third-order valence-electron chi connectivity index (χ3n) is 3.74. The van der Waals surface area contributed by atoms with Crippen molar-refractivity contribution in [3.63, 3.8) is 0 Å². The van der Waals surface area contributed by atoms with Gasteiger partial charge in [0.2, 0.25) is 0 Å². The first-order valence-electron chi connectivity index (χ1n) is 8.41. The quantitative estimate of drug-likeness (QED) is 0.610. The fourth-order valence-electron chi connectivity index (χ4n) is 2.68. The number of carbonyl (C=O) groups is 1. The van der Waals surface area contributed by atoms with Crippen LogP contribution in [0.5, 0.6) is 0 Å². The van der Waals surface area contributed by atoms with E-state index in [1.165, 1.54) is 17.8 Å². The zero-order valence-corrected chi connectivity index (χ0v) is 15.8. The molecule has 2 amide bonds. The predicted octanol–water partition coefficient (Wildman–Crippen LogP) is 4.53. The van der Waals surface area contributed by atoms with Crippen LogP contribution in [0.3, 0.4) is 0 Å². The summed E-state index contributed by atoms with van der Waals surface area (Å²) < 4.78 is 18.1. The number of hydrogen-bond donors (Lipinski definition) is 1. The van der Waals surface area contributed by atoms with Crippen LogP contribution < -0.4 is 5.09 Å². The topological polar surface area (TPSA) is 82.4 Å². The van der Waals surface area contributed by atoms with Crippen molar-refractivity contribution >= 4 is 24.1 Å². The van der Waals surface area contributed by atoms with Gasteiger partial charge in [-0.05, 0) is 37.6 Å². The highest BCUT2D eigenvalue weighted by Crippen LogP contribution is 2.56. The van der Waals surface area contributed by atoms with Gasteiger partial charge in [0.15, 0.2) is 0 Å². The standard InChI is InChI=1S/C15H28N3O3PS/c1-3-13-23-22(20,21-4-2)17-15(19)18(12-8-11-16)14-9-6-5-7-10-14/h14H,3-10,12-13H2,1-2H3,(H,17,19,20). The highest BCUT2D eigenvalue weighted by atomic mass is 32.7. The zero-order chi connectivity index (χ0) is 17.1. The van der Waals surface area contributed by atoms with Gasteiger partial charge in [-0.1, -0.05) is 26.2 Å². The molecule has 1 aliphatic rings. The summed E-state index contributed by atoms with van der Waals surface area (Å²) in [5, 5.41) is 11.4. The summed E-state index contributed by atoms with van der Waals surface area (Å²) in [6.07, 6.45) is 6.40. The Morgan fingerprint density at radius 1 is 1.39 bits per heavy atom. The SMILES string of the molecule is CCCSP(=O)(NC(=O)N(CCC#N)C1CCCCC1)OCC. The highest BCUT2D eigenvalue weighted by molar-refractivity contribution is 8.56. The maximum Gasteiger partial charge on any atom is 0.354 e. The molecule has 1 atom stereocenters. The molecular weight excluding hydrogens is 333 g/mol. The summed E-state index contributed by atoms with van der Waals surface area (Å²) in [6, 6.07) is 1.85. The van der Waals surface area contributed by atoms with Crippen molar-refractivity contribution in [2.24, 2.45) is 0 Å². The normalized spacial score (nSPS) is 18.0. The minimum Gasteiger partial charge on any atom is -0.320 e. The van der Waals surface area contributed by atoms with E-state index in [2.05, 4.69) is 11.2 Å². The lowest BCUT2D eigenvalue weighted by Crippen LogP contribution is -2.46. The average molecular weight is 361 g/mol. The minimum absolute atomic E-state index is 0.128. The van der Waals surface area contributed by atoms with Gasteiger partial charge in [-0.2, -0.15) is 5.26 Å². The van der Waals surface area contributed by atoms with Crippen molar-refractivity contribution in [2.45, 2.75) is 64.8 Å². The Morgan fingerprint density at radius 2 is 2.09 bits per heavy atom. The first-order valence-corrected chi connectivity index (χ1v) is 11.6. The van der Waals surface area contributed by atoms with Gasteiger partial charge >= 0.3 is 12.8 Å². The molecule has 1 aliphatic carbocycles. The molecule has 0 radical (unpaired) electrons. The number of nitrogens with one attached hydrogen (secondary N) is 1. The van der Waals surface area contributed by atoms with Crippen LogP contribution in [0.15, 0.2) is 0 Å². The van der Waals surface area contributed by atoms with E-state index < -0.39 is 6.72 Å². The third-order valence-corrected chi connectivity index (χ3v) is 7.89. The Kier molecular flexibility index (Phi) is 9.69. The van der Waals surface area contributed by atoms with Gasteiger partial charge in [0, 0.05) is 18.3 Å². The molecule has 0 aromatic rings. The van der Waals surface area contributed by atoms with Gasteiger partial charge in [-0.25, -0.2) is 4.79 Å². The van der Waals surface area contributed by atoms with Crippen molar-refractivity contribution in [1.29, 1.82) is 5.26 Å². The lowest BCUT2D eigenvalue weighted by Gasteiger charge is -2.34. The molecule has 0 bridgehead atoms. The molecule has 0 heterocycles. The Bertz CT molecular complexity index is 450. The van der Waals surface area contributed by atoms with Crippen LogP contribution in [0.25, 0.3) is 0 Å². The van der Waals surface area contributed by atoms with Gasteiger partial charge in [0.05, 0.1) is 19.1 Å². The molecule has 23 heavy (non-hydrogen) atoms. The van der Waals surface area contributed by atoms with Gasteiger partial charge in [-0.15, -0.1) is 0 Å². The maximum absolute atomic E-state index is 12.8. The zero-order valence-electron chi connectivity index (χ0n) is 14.1. The highest BCUT2D eigenvalue weighted by Gasteiger charge is 2.31. The molecule has 1 N–H and O–H groups in total. The van der Waals surface area contributed by atoms with Crippen LogP contribution in [0.2, 0.25) is 0 Å². The molecule has 0 aromatic heterocycles. The van der Waals surface area contributed by atoms with Crippen LogP contribution in [-0.4, -0.2) is 35.9 Å². The molecule has 6 nitrogen and oxygen atoms in total. The Hall–Kier alpha value is -0.700. The van der Waals surface area contributed by atoms with Crippen molar-refractivity contribution in [2.75, 3.05) is 18.9 Å². The van der Waals surface area contributed by atoms with E-state index in [0.29, 0.717) is 12.3 Å². The van der Waals surface area contributed by atoms with Crippen molar-refractivity contribution in [3.8, 4) is 6.07 Å². The van der Waals surface area contributed by atoms with Crippen molar-refractivity contribution in [3.05, 3.63) is 0 Å². The second-order valence-corrected chi connectivity index (χ2v) is 9.92. The van der Waals surface area contributed by atoms with Crippen molar-refractivity contribution < 1.29 is 13.9 Å².